The van der Waals surface area contributed by atoms with Crippen LogP contribution in [-0.4, -0.2) is 16.9 Å². The van der Waals surface area contributed by atoms with Gasteiger partial charge in [0.05, 0.1) is 16.9 Å². The Kier molecular flexibility index (Phi) is 7.67. The van der Waals surface area contributed by atoms with Crippen molar-refractivity contribution in [3.8, 4) is 0 Å². The Bertz CT molecular complexity index is 445. The summed E-state index contributed by atoms with van der Waals surface area (Å²) in [7, 11) is 0. The molecule has 9 nitrogen and oxygen atoms in total. The molecule has 9 heteroatoms. The van der Waals surface area contributed by atoms with E-state index in [1.807, 2.05) is 0 Å². The van der Waals surface area contributed by atoms with Gasteiger partial charge in [-0.05, 0) is 12.0 Å². The lowest BCUT2D eigenvalue weighted by molar-refractivity contribution is -0.384. The molecule has 0 unspecified atom stereocenters. The minimum atomic E-state index is -1.77. The third kappa shape index (κ3) is 5.10. The first kappa shape index (κ1) is 18.8. The van der Waals surface area contributed by atoms with Crippen molar-refractivity contribution >= 4 is 17.6 Å². The molecule has 1 aromatic rings. The highest BCUT2D eigenvalue weighted by Crippen LogP contribution is 2.14. The average Bonchev–Trinajstić information content (AvgIpc) is 2.25. The second-order valence-electron chi connectivity index (χ2n) is 3.32. The smallest absolute Gasteiger partial charge is 0.269 e. The number of nitro groups is 1. The molecule has 0 bridgehead atoms. The molecular formula is C10H15N3O6. The normalized spacial score (nSPS) is 9.11. The lowest BCUT2D eigenvalue weighted by Crippen LogP contribution is -2.44. The molecule has 0 spiro atoms. The molecule has 0 radical (unpaired) electrons. The zero-order valence-corrected chi connectivity index (χ0v) is 10.5. The molecule has 0 saturated heterocycles. The van der Waals surface area contributed by atoms with Gasteiger partial charge in [-0.25, -0.2) is 0 Å². The third-order valence-electron chi connectivity index (χ3n) is 2.16. The van der Waals surface area contributed by atoms with Crippen molar-refractivity contribution in [1.29, 1.82) is 0 Å². The summed E-state index contributed by atoms with van der Waals surface area (Å²) in [5.41, 5.74) is 0.182. The number of carboxylic acid groups (broad SMARTS) is 2. The van der Waals surface area contributed by atoms with E-state index < -0.39 is 22.8 Å². The van der Waals surface area contributed by atoms with Gasteiger partial charge in [0.2, 0.25) is 0 Å². The van der Waals surface area contributed by atoms with E-state index in [0.717, 1.165) is 12.1 Å². The second-order valence-corrected chi connectivity index (χ2v) is 3.32. The Morgan fingerprint density at radius 3 is 1.79 bits per heavy atom. The van der Waals surface area contributed by atoms with E-state index >= 15 is 0 Å². The number of benzene rings is 1. The summed E-state index contributed by atoms with van der Waals surface area (Å²) in [6.07, 6.45) is -0.331. The molecule has 0 aliphatic carbocycles. The highest BCUT2D eigenvalue weighted by atomic mass is 16.6. The number of non-ortho nitro benzene ring substituents is 1. The molecule has 0 heterocycles. The van der Waals surface area contributed by atoms with Crippen molar-refractivity contribution in [2.24, 2.45) is 5.92 Å². The van der Waals surface area contributed by atoms with E-state index in [0.29, 0.717) is 5.56 Å². The van der Waals surface area contributed by atoms with E-state index in [4.69, 9.17) is 0 Å². The average molecular weight is 273 g/mol. The fraction of sp³-hybridized carbons (Fsp3) is 0.200. The molecule has 0 fully saturated rings. The van der Waals surface area contributed by atoms with Gasteiger partial charge in [-0.15, -0.1) is 0 Å². The van der Waals surface area contributed by atoms with Gasteiger partial charge in [-0.1, -0.05) is 12.1 Å². The molecule has 1 aromatic carbocycles. The summed E-state index contributed by atoms with van der Waals surface area (Å²) >= 11 is 0. The van der Waals surface area contributed by atoms with Crippen LogP contribution in [0.1, 0.15) is 5.56 Å². The largest absolute Gasteiger partial charge is 0.549 e. The van der Waals surface area contributed by atoms with Crippen LogP contribution in [0.25, 0.3) is 0 Å². The summed E-state index contributed by atoms with van der Waals surface area (Å²) in [6.45, 7) is 0. The second kappa shape index (κ2) is 7.74. The Hall–Kier alpha value is -2.52. The molecule has 19 heavy (non-hydrogen) atoms. The van der Waals surface area contributed by atoms with Crippen LogP contribution in [0.4, 0.5) is 5.69 Å². The minimum absolute atomic E-state index is 0. The van der Waals surface area contributed by atoms with Gasteiger partial charge < -0.3 is 32.1 Å². The van der Waals surface area contributed by atoms with Crippen molar-refractivity contribution < 1.29 is 24.7 Å². The van der Waals surface area contributed by atoms with Crippen LogP contribution in [0.15, 0.2) is 24.3 Å². The number of nitro benzene ring substituents is 1. The van der Waals surface area contributed by atoms with Crippen molar-refractivity contribution in [3.05, 3.63) is 39.9 Å². The standard InChI is InChI=1S/C10H9NO6.2H3N/c12-9(13)8(10(14)15)5-6-1-3-7(4-2-6)11(16)17;;/h1-4,8H,5H2,(H,12,13)(H,14,15);2*1H3. The van der Waals surface area contributed by atoms with Crippen LogP contribution >= 0.6 is 0 Å². The van der Waals surface area contributed by atoms with Crippen LogP contribution < -0.4 is 22.5 Å². The van der Waals surface area contributed by atoms with Gasteiger partial charge >= 0.3 is 0 Å². The predicted molar refractivity (Wildman–Crippen MR) is 62.3 cm³/mol. The number of nitrogens with zero attached hydrogens (tertiary/aromatic N) is 1. The molecule has 0 aromatic heterocycles. The molecule has 0 saturated carbocycles. The third-order valence-corrected chi connectivity index (χ3v) is 2.16. The highest BCUT2D eigenvalue weighted by molar-refractivity contribution is 5.91. The number of carbonyl (C=O) groups is 2. The molecule has 1 rings (SSSR count). The summed E-state index contributed by atoms with van der Waals surface area (Å²) in [6, 6.07) is 4.90. The number of hydrogen-bond acceptors (Lipinski definition) is 6. The molecule has 8 N–H and O–H groups in total. The topological polar surface area (TPSA) is 196 Å². The SMILES string of the molecule is O=C([O-])C(Cc1ccc([N+](=O)[O-])cc1)C(=O)[O-].[NH4+].[NH4+]. The molecular weight excluding hydrogens is 258 g/mol. The van der Waals surface area contributed by atoms with Gasteiger partial charge in [0.25, 0.3) is 5.69 Å². The van der Waals surface area contributed by atoms with Crippen LogP contribution in [0.3, 0.4) is 0 Å². The lowest BCUT2D eigenvalue weighted by Gasteiger charge is -2.18. The van der Waals surface area contributed by atoms with Gasteiger partial charge in [0.15, 0.2) is 0 Å². The minimum Gasteiger partial charge on any atom is -0.549 e. The maximum absolute atomic E-state index is 10.5. The number of carbonyl (C=O) groups excluding carboxylic acids is 2. The van der Waals surface area contributed by atoms with Gasteiger partial charge in [0, 0.05) is 18.1 Å². The van der Waals surface area contributed by atoms with Crippen molar-refractivity contribution in [2.75, 3.05) is 0 Å². The van der Waals surface area contributed by atoms with E-state index in [1.165, 1.54) is 12.1 Å². The van der Waals surface area contributed by atoms with Crippen LogP contribution in [0.2, 0.25) is 0 Å². The van der Waals surface area contributed by atoms with Gasteiger partial charge in [0.1, 0.15) is 0 Å². The fourth-order valence-corrected chi connectivity index (χ4v) is 1.25. The Morgan fingerprint density at radius 2 is 1.47 bits per heavy atom. The first-order chi connectivity index (χ1) is 7.91. The van der Waals surface area contributed by atoms with Crippen LogP contribution in [0.5, 0.6) is 0 Å². The molecule has 0 amide bonds. The maximum atomic E-state index is 10.5. The maximum Gasteiger partial charge on any atom is 0.269 e. The van der Waals surface area contributed by atoms with Gasteiger partial charge in [-0.3, -0.25) is 10.1 Å². The molecule has 0 atom stereocenters. The Labute approximate surface area is 108 Å². The van der Waals surface area contributed by atoms with E-state index in [9.17, 15) is 29.9 Å². The first-order valence-electron chi connectivity index (χ1n) is 4.57. The summed E-state index contributed by atoms with van der Waals surface area (Å²) in [4.78, 5) is 30.7. The van der Waals surface area contributed by atoms with Crippen molar-refractivity contribution in [3.63, 3.8) is 0 Å². The highest BCUT2D eigenvalue weighted by Gasteiger charge is 2.13. The summed E-state index contributed by atoms with van der Waals surface area (Å²) < 4.78 is 0. The van der Waals surface area contributed by atoms with E-state index in [-0.39, 0.29) is 24.4 Å². The number of hydrogen-bond donors (Lipinski definition) is 2. The molecule has 0 aliphatic rings. The van der Waals surface area contributed by atoms with Crippen LogP contribution in [0, 0.1) is 16.0 Å². The number of carboxylic acids is 2. The van der Waals surface area contributed by atoms with Crippen molar-refractivity contribution in [2.45, 2.75) is 6.42 Å². The van der Waals surface area contributed by atoms with Crippen molar-refractivity contribution in [1.82, 2.24) is 12.3 Å². The zero-order valence-electron chi connectivity index (χ0n) is 10.5. The summed E-state index contributed by atoms with van der Waals surface area (Å²) in [5.74, 6) is -5.26. The van der Waals surface area contributed by atoms with Crippen LogP contribution in [-0.2, 0) is 16.0 Å². The quantitative estimate of drug-likeness (QED) is 0.391. The Balaban J connectivity index is 0. The molecule has 0 aliphatic heterocycles. The van der Waals surface area contributed by atoms with Gasteiger partial charge in [-0.2, -0.15) is 0 Å². The predicted octanol–water partition coefficient (Wildman–Crippen LogP) is -0.994. The van der Waals surface area contributed by atoms with E-state index in [1.54, 1.807) is 0 Å². The number of quaternary nitrogens is 2. The number of rotatable bonds is 5. The lowest BCUT2D eigenvalue weighted by atomic mass is 9.99. The van der Waals surface area contributed by atoms with E-state index in [2.05, 4.69) is 0 Å². The first-order valence-corrected chi connectivity index (χ1v) is 4.57. The summed E-state index contributed by atoms with van der Waals surface area (Å²) in [5, 5.41) is 31.3. The Morgan fingerprint density at radius 1 is 1.05 bits per heavy atom. The zero-order chi connectivity index (χ0) is 13.0. The fourth-order valence-electron chi connectivity index (χ4n) is 1.25. The monoisotopic (exact) mass is 273 g/mol. The number of aliphatic carboxylic acids is 2. The molecule has 106 valence electrons.